The molecule has 0 atom stereocenters. The van der Waals surface area contributed by atoms with Crippen LogP contribution in [0, 0.1) is 5.41 Å². The van der Waals surface area contributed by atoms with Crippen LogP contribution < -0.4 is 10.1 Å². The average molecular weight is 347 g/mol. The van der Waals surface area contributed by atoms with Crippen LogP contribution in [0.2, 0.25) is 0 Å². The van der Waals surface area contributed by atoms with Gasteiger partial charge in [0.25, 0.3) is 0 Å². The van der Waals surface area contributed by atoms with Crippen LogP contribution >= 0.6 is 0 Å². The number of carbonyl (C=O) groups is 1. The van der Waals surface area contributed by atoms with E-state index >= 15 is 0 Å². The summed E-state index contributed by atoms with van der Waals surface area (Å²) >= 11 is 0. The van der Waals surface area contributed by atoms with Gasteiger partial charge in [0.1, 0.15) is 0 Å². The van der Waals surface area contributed by atoms with Crippen LogP contribution in [0.1, 0.15) is 70.8 Å². The Morgan fingerprint density at radius 3 is 2.44 bits per heavy atom. The molecule has 0 heterocycles. The first-order valence-electron chi connectivity index (χ1n) is 9.67. The molecular weight excluding hydrogens is 314 g/mol. The number of ether oxygens (including phenoxy) is 1. The third-order valence-corrected chi connectivity index (χ3v) is 5.58. The van der Waals surface area contributed by atoms with Crippen molar-refractivity contribution in [2.45, 2.75) is 77.7 Å². The van der Waals surface area contributed by atoms with Crippen LogP contribution in [0.15, 0.2) is 18.2 Å². The standard InChI is InChI=1S/C21H33NO3/c1-4-10-21(11-5-2)12-8-17(9-13-21)22-20(24)15-16-6-7-18(23)19(14-16)25-3/h6-7,14,17,23H,4-5,8-13,15H2,1-3H3,(H,22,24). The summed E-state index contributed by atoms with van der Waals surface area (Å²) in [5.74, 6) is 0.560. The molecule has 140 valence electrons. The minimum Gasteiger partial charge on any atom is -0.504 e. The number of hydrogen-bond acceptors (Lipinski definition) is 3. The lowest BCUT2D eigenvalue weighted by Gasteiger charge is -2.40. The number of aromatic hydroxyl groups is 1. The van der Waals surface area contributed by atoms with Gasteiger partial charge in [-0.05, 0) is 61.6 Å². The molecule has 1 fully saturated rings. The van der Waals surface area contributed by atoms with Crippen molar-refractivity contribution in [3.63, 3.8) is 0 Å². The number of rotatable bonds is 8. The summed E-state index contributed by atoms with van der Waals surface area (Å²) in [6, 6.07) is 5.37. The highest BCUT2D eigenvalue weighted by molar-refractivity contribution is 5.79. The molecular formula is C21H33NO3. The quantitative estimate of drug-likeness (QED) is 0.723. The fourth-order valence-corrected chi connectivity index (χ4v) is 4.36. The lowest BCUT2D eigenvalue weighted by atomic mass is 9.67. The minimum atomic E-state index is 0.0521. The van der Waals surface area contributed by atoms with Crippen LogP contribution in [-0.2, 0) is 11.2 Å². The summed E-state index contributed by atoms with van der Waals surface area (Å²) in [6.07, 6.45) is 10.1. The molecule has 1 aliphatic rings. The smallest absolute Gasteiger partial charge is 0.224 e. The SMILES string of the molecule is CCCC1(CCC)CCC(NC(=O)Cc2ccc(O)c(OC)c2)CC1. The number of methoxy groups -OCH3 is 1. The van der Waals surface area contributed by atoms with Gasteiger partial charge in [0.15, 0.2) is 11.5 Å². The van der Waals surface area contributed by atoms with Crippen molar-refractivity contribution in [3.05, 3.63) is 23.8 Å². The van der Waals surface area contributed by atoms with E-state index in [0.29, 0.717) is 23.6 Å². The Bertz CT molecular complexity index is 554. The third kappa shape index (κ3) is 5.38. The van der Waals surface area contributed by atoms with E-state index in [1.165, 1.54) is 45.6 Å². The number of nitrogens with one attached hydrogen (secondary N) is 1. The maximum absolute atomic E-state index is 12.4. The second kappa shape index (κ2) is 9.12. The normalized spacial score (nSPS) is 17.2. The van der Waals surface area contributed by atoms with Gasteiger partial charge in [0.05, 0.1) is 13.5 Å². The predicted molar refractivity (Wildman–Crippen MR) is 101 cm³/mol. The van der Waals surface area contributed by atoms with Gasteiger partial charge in [-0.1, -0.05) is 32.8 Å². The molecule has 0 unspecified atom stereocenters. The number of benzene rings is 1. The third-order valence-electron chi connectivity index (χ3n) is 5.58. The molecule has 1 aliphatic carbocycles. The Morgan fingerprint density at radius 1 is 1.24 bits per heavy atom. The fraction of sp³-hybridized carbons (Fsp3) is 0.667. The fourth-order valence-electron chi connectivity index (χ4n) is 4.36. The molecule has 0 radical (unpaired) electrons. The summed E-state index contributed by atoms with van der Waals surface area (Å²) in [6.45, 7) is 4.55. The van der Waals surface area contributed by atoms with Crippen molar-refractivity contribution in [1.29, 1.82) is 0 Å². The first-order chi connectivity index (χ1) is 12.0. The van der Waals surface area contributed by atoms with Crippen LogP contribution in [0.5, 0.6) is 11.5 Å². The van der Waals surface area contributed by atoms with E-state index in [1.54, 1.807) is 18.2 Å². The van der Waals surface area contributed by atoms with E-state index < -0.39 is 0 Å². The number of phenols is 1. The number of amides is 1. The van der Waals surface area contributed by atoms with Gasteiger partial charge >= 0.3 is 0 Å². The van der Waals surface area contributed by atoms with Crippen molar-refractivity contribution in [3.8, 4) is 11.5 Å². The molecule has 0 saturated heterocycles. The maximum atomic E-state index is 12.4. The van der Waals surface area contributed by atoms with Crippen molar-refractivity contribution in [2.24, 2.45) is 5.41 Å². The summed E-state index contributed by atoms with van der Waals surface area (Å²) in [4.78, 5) is 12.4. The van der Waals surface area contributed by atoms with E-state index in [2.05, 4.69) is 19.2 Å². The summed E-state index contributed by atoms with van der Waals surface area (Å²) in [5, 5.41) is 12.8. The molecule has 1 saturated carbocycles. The van der Waals surface area contributed by atoms with E-state index in [-0.39, 0.29) is 11.7 Å². The number of hydrogen-bond donors (Lipinski definition) is 2. The molecule has 0 spiro atoms. The van der Waals surface area contributed by atoms with Crippen molar-refractivity contribution in [2.75, 3.05) is 7.11 Å². The molecule has 0 bridgehead atoms. The number of phenolic OH excluding ortho intramolecular Hbond substituents is 1. The molecule has 1 aromatic rings. The van der Waals surface area contributed by atoms with Gasteiger partial charge < -0.3 is 15.2 Å². The first kappa shape index (κ1) is 19.6. The monoisotopic (exact) mass is 347 g/mol. The van der Waals surface area contributed by atoms with Crippen molar-refractivity contribution >= 4 is 5.91 Å². The Morgan fingerprint density at radius 2 is 1.88 bits per heavy atom. The predicted octanol–water partition coefficient (Wildman–Crippen LogP) is 4.59. The lowest BCUT2D eigenvalue weighted by molar-refractivity contribution is -0.121. The van der Waals surface area contributed by atoms with Gasteiger partial charge in [-0.15, -0.1) is 0 Å². The summed E-state index contributed by atoms with van der Waals surface area (Å²) < 4.78 is 5.10. The van der Waals surface area contributed by atoms with Crippen LogP contribution in [0.4, 0.5) is 0 Å². The molecule has 1 amide bonds. The first-order valence-corrected chi connectivity index (χ1v) is 9.67. The molecule has 2 N–H and O–H groups in total. The Kier molecular flexibility index (Phi) is 7.15. The minimum absolute atomic E-state index is 0.0521. The molecule has 1 aromatic carbocycles. The molecule has 2 rings (SSSR count). The second-order valence-corrected chi connectivity index (χ2v) is 7.52. The Hall–Kier alpha value is -1.71. The zero-order valence-electron chi connectivity index (χ0n) is 15.9. The van der Waals surface area contributed by atoms with Gasteiger partial charge in [0, 0.05) is 6.04 Å². The molecule has 0 aliphatic heterocycles. The van der Waals surface area contributed by atoms with Crippen LogP contribution in [-0.4, -0.2) is 24.2 Å². The lowest BCUT2D eigenvalue weighted by Crippen LogP contribution is -2.41. The topological polar surface area (TPSA) is 58.6 Å². The highest BCUT2D eigenvalue weighted by atomic mass is 16.5. The summed E-state index contributed by atoms with van der Waals surface area (Å²) in [5.41, 5.74) is 1.36. The van der Waals surface area contributed by atoms with E-state index in [9.17, 15) is 9.90 Å². The van der Waals surface area contributed by atoms with Gasteiger partial charge in [-0.25, -0.2) is 0 Å². The molecule has 4 heteroatoms. The molecule has 25 heavy (non-hydrogen) atoms. The summed E-state index contributed by atoms with van der Waals surface area (Å²) in [7, 11) is 1.51. The molecule has 0 aromatic heterocycles. The number of carbonyl (C=O) groups excluding carboxylic acids is 1. The second-order valence-electron chi connectivity index (χ2n) is 7.52. The Labute approximate surface area is 152 Å². The van der Waals surface area contributed by atoms with E-state index in [4.69, 9.17) is 4.74 Å². The van der Waals surface area contributed by atoms with Crippen molar-refractivity contribution in [1.82, 2.24) is 5.32 Å². The zero-order valence-corrected chi connectivity index (χ0v) is 15.9. The highest BCUT2D eigenvalue weighted by Gasteiger charge is 2.34. The van der Waals surface area contributed by atoms with Crippen molar-refractivity contribution < 1.29 is 14.6 Å². The maximum Gasteiger partial charge on any atom is 0.224 e. The van der Waals surface area contributed by atoms with E-state index in [1.807, 2.05) is 0 Å². The van der Waals surface area contributed by atoms with Gasteiger partial charge in [0.2, 0.25) is 5.91 Å². The Balaban J connectivity index is 1.86. The average Bonchev–Trinajstić information content (AvgIpc) is 2.59. The van der Waals surface area contributed by atoms with Gasteiger partial charge in [-0.2, -0.15) is 0 Å². The van der Waals surface area contributed by atoms with E-state index in [0.717, 1.165) is 18.4 Å². The van der Waals surface area contributed by atoms with Gasteiger partial charge in [-0.3, -0.25) is 4.79 Å². The van der Waals surface area contributed by atoms with Crippen LogP contribution in [0.3, 0.4) is 0 Å². The largest absolute Gasteiger partial charge is 0.504 e. The molecule has 4 nitrogen and oxygen atoms in total. The highest BCUT2D eigenvalue weighted by Crippen LogP contribution is 2.44. The van der Waals surface area contributed by atoms with Crippen LogP contribution in [0.25, 0.3) is 0 Å². The zero-order chi connectivity index (χ0) is 18.3.